The Bertz CT molecular complexity index is 382. The van der Waals surface area contributed by atoms with Crippen LogP contribution < -0.4 is 5.32 Å². The lowest BCUT2D eigenvalue weighted by Crippen LogP contribution is -2.50. The molecule has 1 saturated heterocycles. The molecule has 108 valence electrons. The zero-order valence-electron chi connectivity index (χ0n) is 11.5. The Morgan fingerprint density at radius 1 is 1.21 bits per heavy atom. The molecule has 1 fully saturated rings. The van der Waals surface area contributed by atoms with Crippen LogP contribution in [0.25, 0.3) is 0 Å². The van der Waals surface area contributed by atoms with Gasteiger partial charge in [-0.3, -0.25) is 19.7 Å². The summed E-state index contributed by atoms with van der Waals surface area (Å²) < 4.78 is 14.2. The van der Waals surface area contributed by atoms with Crippen molar-refractivity contribution in [2.24, 2.45) is 5.92 Å². The first-order valence-corrected chi connectivity index (χ1v) is 6.00. The number of methoxy groups -OCH3 is 2. The van der Waals surface area contributed by atoms with Crippen molar-refractivity contribution in [2.45, 2.75) is 31.8 Å². The highest BCUT2D eigenvalue weighted by atomic mass is 16.5. The predicted molar refractivity (Wildman–Crippen MR) is 64.1 cm³/mol. The van der Waals surface area contributed by atoms with Crippen molar-refractivity contribution in [1.29, 1.82) is 0 Å². The quantitative estimate of drug-likeness (QED) is 0.552. The summed E-state index contributed by atoms with van der Waals surface area (Å²) in [5.74, 6) is -2.44. The minimum absolute atomic E-state index is 0.121. The minimum Gasteiger partial charge on any atom is -0.469 e. The summed E-state index contributed by atoms with van der Waals surface area (Å²) in [4.78, 5) is 35.3. The van der Waals surface area contributed by atoms with Gasteiger partial charge in [0.25, 0.3) is 0 Å². The molecule has 19 heavy (non-hydrogen) atoms. The number of nitrogens with one attached hydrogen (secondary N) is 1. The first-order chi connectivity index (χ1) is 8.89. The number of rotatable bonds is 4. The second-order valence-electron chi connectivity index (χ2n) is 4.53. The summed E-state index contributed by atoms with van der Waals surface area (Å²) in [6.07, 6.45) is 0.121. The van der Waals surface area contributed by atoms with Gasteiger partial charge in [-0.1, -0.05) is 0 Å². The summed E-state index contributed by atoms with van der Waals surface area (Å²) in [5, 5.41) is 2.82. The lowest BCUT2D eigenvalue weighted by Gasteiger charge is -2.21. The first kappa shape index (κ1) is 15.4. The van der Waals surface area contributed by atoms with Gasteiger partial charge in [-0.05, 0) is 20.3 Å². The molecule has 0 unspecified atom stereocenters. The van der Waals surface area contributed by atoms with Crippen molar-refractivity contribution < 1.29 is 28.6 Å². The van der Waals surface area contributed by atoms with E-state index in [1.807, 2.05) is 0 Å². The monoisotopic (exact) mass is 273 g/mol. The van der Waals surface area contributed by atoms with Crippen LogP contribution in [0.1, 0.15) is 20.3 Å². The van der Waals surface area contributed by atoms with Crippen LogP contribution in [0.2, 0.25) is 0 Å². The average molecular weight is 273 g/mol. The standard InChI is InChI=1S/C12H19NO6/c1-5-19-10(15)8-7(9(14)17-3)6-12(2,13-8)11(16)18-4/h7-8,13H,5-6H2,1-4H3/t7-,8+,12+/m0/s1. The molecule has 0 aliphatic carbocycles. The Kier molecular flexibility index (Phi) is 4.88. The lowest BCUT2D eigenvalue weighted by atomic mass is 9.92. The Labute approximate surface area is 111 Å². The highest BCUT2D eigenvalue weighted by Crippen LogP contribution is 2.31. The van der Waals surface area contributed by atoms with E-state index in [0.717, 1.165) is 0 Å². The third-order valence-electron chi connectivity index (χ3n) is 3.18. The zero-order valence-corrected chi connectivity index (χ0v) is 11.5. The fourth-order valence-electron chi connectivity index (χ4n) is 2.25. The van der Waals surface area contributed by atoms with Crippen molar-refractivity contribution in [3.05, 3.63) is 0 Å². The van der Waals surface area contributed by atoms with E-state index in [2.05, 4.69) is 14.8 Å². The van der Waals surface area contributed by atoms with Gasteiger partial charge in [0.15, 0.2) is 0 Å². The number of carbonyl (C=O) groups is 3. The maximum Gasteiger partial charge on any atom is 0.325 e. The molecule has 0 aromatic heterocycles. The predicted octanol–water partition coefficient (Wildman–Crippen LogP) is -0.368. The van der Waals surface area contributed by atoms with E-state index < -0.39 is 35.4 Å². The van der Waals surface area contributed by atoms with Gasteiger partial charge in [0, 0.05) is 0 Å². The highest BCUT2D eigenvalue weighted by molar-refractivity contribution is 5.90. The lowest BCUT2D eigenvalue weighted by molar-refractivity contribution is -0.154. The molecule has 0 saturated carbocycles. The summed E-state index contributed by atoms with van der Waals surface area (Å²) in [7, 11) is 2.48. The van der Waals surface area contributed by atoms with Crippen LogP contribution in [0.5, 0.6) is 0 Å². The van der Waals surface area contributed by atoms with Gasteiger partial charge in [-0.15, -0.1) is 0 Å². The second kappa shape index (κ2) is 6.01. The molecular formula is C12H19NO6. The van der Waals surface area contributed by atoms with E-state index in [-0.39, 0.29) is 13.0 Å². The molecule has 7 heteroatoms. The molecule has 0 amide bonds. The molecule has 1 rings (SSSR count). The Morgan fingerprint density at radius 2 is 1.84 bits per heavy atom. The van der Waals surface area contributed by atoms with Crippen molar-refractivity contribution >= 4 is 17.9 Å². The van der Waals surface area contributed by atoms with E-state index in [9.17, 15) is 14.4 Å². The SMILES string of the molecule is CCOC(=O)[C@@H]1N[C@@](C)(C(=O)OC)C[C@@H]1C(=O)OC. The van der Waals surface area contributed by atoms with Crippen LogP contribution in [0, 0.1) is 5.92 Å². The normalized spacial score (nSPS) is 29.7. The van der Waals surface area contributed by atoms with Gasteiger partial charge in [-0.25, -0.2) is 0 Å². The molecule has 1 aliphatic rings. The number of ether oxygens (including phenoxy) is 3. The van der Waals surface area contributed by atoms with E-state index in [4.69, 9.17) is 4.74 Å². The maximum atomic E-state index is 11.8. The molecule has 1 aliphatic heterocycles. The smallest absolute Gasteiger partial charge is 0.325 e. The minimum atomic E-state index is -1.11. The zero-order chi connectivity index (χ0) is 14.6. The number of hydrogen-bond donors (Lipinski definition) is 1. The molecule has 0 radical (unpaired) electrons. The average Bonchev–Trinajstić information content (AvgIpc) is 2.76. The van der Waals surface area contributed by atoms with E-state index in [1.165, 1.54) is 14.2 Å². The summed E-state index contributed by atoms with van der Waals surface area (Å²) in [5.41, 5.74) is -1.11. The fraction of sp³-hybridized carbons (Fsp3) is 0.750. The highest BCUT2D eigenvalue weighted by Gasteiger charge is 2.53. The molecule has 0 bridgehead atoms. The largest absolute Gasteiger partial charge is 0.469 e. The third kappa shape index (κ3) is 3.04. The molecular weight excluding hydrogens is 254 g/mol. The Morgan fingerprint density at radius 3 is 2.32 bits per heavy atom. The molecule has 3 atom stereocenters. The number of carbonyl (C=O) groups excluding carboxylic acids is 3. The van der Waals surface area contributed by atoms with Crippen LogP contribution in [0.3, 0.4) is 0 Å². The van der Waals surface area contributed by atoms with Crippen molar-refractivity contribution in [3.8, 4) is 0 Å². The van der Waals surface area contributed by atoms with Gasteiger partial charge in [0.2, 0.25) is 0 Å². The van der Waals surface area contributed by atoms with Gasteiger partial charge in [0.05, 0.1) is 26.7 Å². The second-order valence-corrected chi connectivity index (χ2v) is 4.53. The Balaban J connectivity index is 2.97. The van der Waals surface area contributed by atoms with Crippen LogP contribution in [0.15, 0.2) is 0 Å². The molecule has 0 aromatic rings. The van der Waals surface area contributed by atoms with Crippen LogP contribution in [-0.2, 0) is 28.6 Å². The topological polar surface area (TPSA) is 90.9 Å². The Hall–Kier alpha value is -1.63. The van der Waals surface area contributed by atoms with Gasteiger partial charge in [-0.2, -0.15) is 0 Å². The third-order valence-corrected chi connectivity index (χ3v) is 3.18. The van der Waals surface area contributed by atoms with Crippen LogP contribution in [0.4, 0.5) is 0 Å². The first-order valence-electron chi connectivity index (χ1n) is 6.00. The van der Waals surface area contributed by atoms with Crippen molar-refractivity contribution in [2.75, 3.05) is 20.8 Å². The van der Waals surface area contributed by atoms with Crippen LogP contribution in [-0.4, -0.2) is 50.3 Å². The van der Waals surface area contributed by atoms with Gasteiger partial charge < -0.3 is 14.2 Å². The summed E-state index contributed by atoms with van der Waals surface area (Å²) in [6.45, 7) is 3.44. The molecule has 0 aromatic carbocycles. The number of hydrogen-bond acceptors (Lipinski definition) is 7. The summed E-state index contributed by atoms with van der Waals surface area (Å²) in [6, 6.07) is -0.906. The van der Waals surface area contributed by atoms with E-state index in [1.54, 1.807) is 13.8 Å². The van der Waals surface area contributed by atoms with E-state index >= 15 is 0 Å². The van der Waals surface area contributed by atoms with Crippen molar-refractivity contribution in [3.63, 3.8) is 0 Å². The summed E-state index contributed by atoms with van der Waals surface area (Å²) >= 11 is 0. The molecule has 1 heterocycles. The van der Waals surface area contributed by atoms with Crippen molar-refractivity contribution in [1.82, 2.24) is 5.32 Å². The van der Waals surface area contributed by atoms with Crippen LogP contribution >= 0.6 is 0 Å². The maximum absolute atomic E-state index is 11.8. The molecule has 0 spiro atoms. The van der Waals surface area contributed by atoms with Gasteiger partial charge >= 0.3 is 17.9 Å². The van der Waals surface area contributed by atoms with E-state index in [0.29, 0.717) is 0 Å². The van der Waals surface area contributed by atoms with Gasteiger partial charge in [0.1, 0.15) is 11.6 Å². The number of esters is 3. The molecule has 7 nitrogen and oxygen atoms in total. The fourth-order valence-corrected chi connectivity index (χ4v) is 2.25. The molecule has 1 N–H and O–H groups in total.